The van der Waals surface area contributed by atoms with E-state index in [1.165, 1.54) is 0 Å². The lowest BCUT2D eigenvalue weighted by Crippen LogP contribution is -2.52. The summed E-state index contributed by atoms with van der Waals surface area (Å²) >= 11 is 0. The monoisotopic (exact) mass is 466 g/mol. The Balaban J connectivity index is 1.64. The van der Waals surface area contributed by atoms with E-state index in [1.54, 1.807) is 13.8 Å². The maximum Gasteiger partial charge on any atom is 0.407 e. The molecule has 1 atom stereocenters. The normalized spacial score (nSPS) is 13.7. The van der Waals surface area contributed by atoms with Crippen molar-refractivity contribution in [1.29, 1.82) is 0 Å². The van der Waals surface area contributed by atoms with Crippen LogP contribution in [-0.2, 0) is 14.3 Å². The second-order valence-electron chi connectivity index (χ2n) is 9.20. The van der Waals surface area contributed by atoms with Gasteiger partial charge in [0.2, 0.25) is 5.91 Å². The highest BCUT2D eigenvalue weighted by molar-refractivity contribution is 5.86. The van der Waals surface area contributed by atoms with E-state index in [-0.39, 0.29) is 25.0 Å². The van der Waals surface area contributed by atoms with E-state index in [2.05, 4.69) is 22.8 Å². The molecule has 0 bridgehead atoms. The maximum absolute atomic E-state index is 12.8. The molecule has 0 unspecified atom stereocenters. The van der Waals surface area contributed by atoms with E-state index < -0.39 is 29.4 Å². The number of rotatable bonds is 10. The molecule has 3 N–H and O–H groups in total. The fourth-order valence-corrected chi connectivity index (χ4v) is 4.55. The van der Waals surface area contributed by atoms with Crippen LogP contribution in [0, 0.1) is 11.3 Å². The number of carbonyl (C=O) groups excluding carboxylic acids is 2. The number of carboxylic acid groups (broad SMARTS) is 1. The summed E-state index contributed by atoms with van der Waals surface area (Å²) in [4.78, 5) is 37.2. The van der Waals surface area contributed by atoms with Gasteiger partial charge in [-0.15, -0.1) is 0 Å². The highest BCUT2D eigenvalue weighted by Crippen LogP contribution is 2.44. The van der Waals surface area contributed by atoms with Gasteiger partial charge >= 0.3 is 12.1 Å². The fourth-order valence-electron chi connectivity index (χ4n) is 4.55. The van der Waals surface area contributed by atoms with Crippen LogP contribution in [0.1, 0.15) is 57.6 Å². The summed E-state index contributed by atoms with van der Waals surface area (Å²) in [6.45, 7) is 7.37. The van der Waals surface area contributed by atoms with Crippen molar-refractivity contribution in [2.24, 2.45) is 11.3 Å². The summed E-state index contributed by atoms with van der Waals surface area (Å²) < 4.78 is 5.57. The molecule has 2 aromatic carbocycles. The van der Waals surface area contributed by atoms with Crippen LogP contribution >= 0.6 is 0 Å². The predicted molar refractivity (Wildman–Crippen MR) is 130 cm³/mol. The number of benzene rings is 2. The van der Waals surface area contributed by atoms with E-state index in [4.69, 9.17) is 4.74 Å². The molecule has 0 saturated carbocycles. The second kappa shape index (κ2) is 10.7. The molecular formula is C27H34N2O5. The molecule has 7 nitrogen and oxygen atoms in total. The van der Waals surface area contributed by atoms with Crippen molar-refractivity contribution < 1.29 is 24.2 Å². The second-order valence-corrected chi connectivity index (χ2v) is 9.20. The zero-order chi connectivity index (χ0) is 24.9. The molecule has 0 heterocycles. The quantitative estimate of drug-likeness (QED) is 0.476. The summed E-state index contributed by atoms with van der Waals surface area (Å²) in [5, 5.41) is 15.0. The van der Waals surface area contributed by atoms with Gasteiger partial charge in [0.25, 0.3) is 0 Å². The van der Waals surface area contributed by atoms with Crippen molar-refractivity contribution in [1.82, 2.24) is 10.6 Å². The molecule has 0 aromatic heterocycles. The number of nitrogens with one attached hydrogen (secondary N) is 2. The van der Waals surface area contributed by atoms with Gasteiger partial charge in [-0.2, -0.15) is 0 Å². The average Bonchev–Trinajstić information content (AvgIpc) is 3.15. The van der Waals surface area contributed by atoms with Crippen molar-refractivity contribution in [3.05, 3.63) is 59.7 Å². The van der Waals surface area contributed by atoms with E-state index in [0.717, 1.165) is 22.3 Å². The van der Waals surface area contributed by atoms with Crippen molar-refractivity contribution >= 4 is 18.0 Å². The molecule has 2 aromatic rings. The Bertz CT molecular complexity index is 999. The summed E-state index contributed by atoms with van der Waals surface area (Å²) in [5.74, 6) is -1.64. The zero-order valence-electron chi connectivity index (χ0n) is 20.3. The third-order valence-electron chi connectivity index (χ3n) is 6.97. The highest BCUT2D eigenvalue weighted by Gasteiger charge is 2.36. The number of amides is 2. The Labute approximate surface area is 200 Å². The first kappa shape index (κ1) is 25.3. The van der Waals surface area contributed by atoms with E-state index in [9.17, 15) is 19.5 Å². The molecule has 2 amide bonds. The Morgan fingerprint density at radius 3 is 1.97 bits per heavy atom. The van der Waals surface area contributed by atoms with E-state index in [1.807, 2.05) is 50.2 Å². The van der Waals surface area contributed by atoms with Crippen LogP contribution in [0.2, 0.25) is 0 Å². The number of hydrogen-bond acceptors (Lipinski definition) is 4. The Kier molecular flexibility index (Phi) is 7.97. The number of alkyl carbamates (subject to hydrolysis) is 1. The van der Waals surface area contributed by atoms with Crippen LogP contribution in [0.4, 0.5) is 4.79 Å². The number of carboxylic acids is 1. The molecule has 0 spiro atoms. The molecule has 3 rings (SSSR count). The van der Waals surface area contributed by atoms with Gasteiger partial charge in [0.1, 0.15) is 12.6 Å². The first-order valence-electron chi connectivity index (χ1n) is 11.9. The standard InChI is InChI=1S/C27H34N2O5/c1-5-27(6-2,25(31)32)16-28-24(30)23(17(3)4)29-26(33)34-15-22-20-13-9-7-11-18(20)19-12-8-10-14-21(19)22/h7-14,17,22-23H,5-6,15-16H2,1-4H3,(H,28,30)(H,29,33)(H,31,32)/t23-/m1/s1. The average molecular weight is 467 g/mol. The predicted octanol–water partition coefficient (Wildman–Crippen LogP) is 4.56. The van der Waals surface area contributed by atoms with Crippen LogP contribution in [0.3, 0.4) is 0 Å². The minimum absolute atomic E-state index is 0.00373. The first-order valence-corrected chi connectivity index (χ1v) is 11.9. The largest absolute Gasteiger partial charge is 0.481 e. The van der Waals surface area contributed by atoms with Gasteiger partial charge in [-0.25, -0.2) is 4.79 Å². The molecule has 0 saturated heterocycles. The number of carbonyl (C=O) groups is 3. The lowest BCUT2D eigenvalue weighted by atomic mass is 9.82. The van der Waals surface area contributed by atoms with Crippen molar-refractivity contribution in [3.63, 3.8) is 0 Å². The van der Waals surface area contributed by atoms with Crippen LogP contribution in [0.5, 0.6) is 0 Å². The molecule has 7 heteroatoms. The lowest BCUT2D eigenvalue weighted by molar-refractivity contribution is -0.149. The Morgan fingerprint density at radius 1 is 0.971 bits per heavy atom. The molecule has 1 aliphatic rings. The van der Waals surface area contributed by atoms with Gasteiger partial charge in [-0.1, -0.05) is 76.2 Å². The summed E-state index contributed by atoms with van der Waals surface area (Å²) in [7, 11) is 0. The number of fused-ring (bicyclic) bond motifs is 3. The zero-order valence-corrected chi connectivity index (χ0v) is 20.3. The molecule has 34 heavy (non-hydrogen) atoms. The van der Waals surface area contributed by atoms with Gasteiger partial charge in [0.05, 0.1) is 5.41 Å². The smallest absolute Gasteiger partial charge is 0.407 e. The first-order chi connectivity index (χ1) is 16.2. The van der Waals surface area contributed by atoms with Crippen molar-refractivity contribution in [2.75, 3.05) is 13.2 Å². The van der Waals surface area contributed by atoms with Gasteiger partial charge in [0.15, 0.2) is 0 Å². The SMILES string of the molecule is CCC(CC)(CNC(=O)[C@H](NC(=O)OCC1c2ccccc2-c2ccccc21)C(C)C)C(=O)O. The molecular weight excluding hydrogens is 432 g/mol. The molecule has 0 radical (unpaired) electrons. The number of ether oxygens (including phenoxy) is 1. The van der Waals surface area contributed by atoms with Gasteiger partial charge in [-0.05, 0) is 41.0 Å². The van der Waals surface area contributed by atoms with Gasteiger partial charge in [-0.3, -0.25) is 9.59 Å². The van der Waals surface area contributed by atoms with Crippen LogP contribution in [0.15, 0.2) is 48.5 Å². The molecule has 0 fully saturated rings. The number of hydrogen-bond donors (Lipinski definition) is 3. The Morgan fingerprint density at radius 2 is 1.50 bits per heavy atom. The molecule has 182 valence electrons. The van der Waals surface area contributed by atoms with Crippen LogP contribution in [-0.4, -0.2) is 42.3 Å². The maximum atomic E-state index is 12.8. The lowest BCUT2D eigenvalue weighted by Gasteiger charge is -2.29. The topological polar surface area (TPSA) is 105 Å². The fraction of sp³-hybridized carbons (Fsp3) is 0.444. The van der Waals surface area contributed by atoms with E-state index >= 15 is 0 Å². The van der Waals surface area contributed by atoms with Crippen molar-refractivity contribution in [3.8, 4) is 11.1 Å². The van der Waals surface area contributed by atoms with Gasteiger partial charge in [0, 0.05) is 12.5 Å². The summed E-state index contributed by atoms with van der Waals surface area (Å²) in [5.41, 5.74) is 3.47. The third-order valence-corrected chi connectivity index (χ3v) is 6.97. The summed E-state index contributed by atoms with van der Waals surface area (Å²) in [6, 6.07) is 15.3. The van der Waals surface area contributed by atoms with Crippen LogP contribution in [0.25, 0.3) is 11.1 Å². The van der Waals surface area contributed by atoms with Crippen molar-refractivity contribution in [2.45, 2.75) is 52.5 Å². The number of aliphatic carboxylic acids is 1. The van der Waals surface area contributed by atoms with Gasteiger partial charge < -0.3 is 20.5 Å². The minimum Gasteiger partial charge on any atom is -0.481 e. The molecule has 1 aliphatic carbocycles. The summed E-state index contributed by atoms with van der Waals surface area (Å²) in [6.07, 6.45) is 0.113. The Hall–Kier alpha value is -3.35. The van der Waals surface area contributed by atoms with E-state index in [0.29, 0.717) is 12.8 Å². The third kappa shape index (κ3) is 5.08. The molecule has 0 aliphatic heterocycles. The van der Waals surface area contributed by atoms with Crippen LogP contribution < -0.4 is 10.6 Å². The minimum atomic E-state index is -1.03. The highest BCUT2D eigenvalue weighted by atomic mass is 16.5.